The zero-order valence-corrected chi connectivity index (χ0v) is 12.2. The van der Waals surface area contributed by atoms with Gasteiger partial charge in [0.05, 0.1) is 0 Å². The minimum absolute atomic E-state index is 0.670. The fraction of sp³-hybridized carbons (Fsp3) is 0.214. The van der Waals surface area contributed by atoms with Gasteiger partial charge in [-0.3, -0.25) is 0 Å². The number of hydrogen-bond donors (Lipinski definition) is 2. The largest absolute Gasteiger partial charge is 0.338 e. The van der Waals surface area contributed by atoms with E-state index in [1.807, 2.05) is 39.0 Å². The van der Waals surface area contributed by atoms with Crippen molar-refractivity contribution >= 4 is 34.3 Å². The molecule has 20 heavy (non-hydrogen) atoms. The SMILES string of the molecule is Cc1nc(Nc2ccc(Cl)cc2C)c2[nH]c(C)nc2n1. The van der Waals surface area contributed by atoms with Crippen LogP contribution < -0.4 is 5.32 Å². The van der Waals surface area contributed by atoms with Crippen LogP contribution >= 0.6 is 11.6 Å². The Bertz CT molecular complexity index is 794. The molecule has 0 atom stereocenters. The quantitative estimate of drug-likeness (QED) is 0.754. The average Bonchev–Trinajstić information content (AvgIpc) is 2.73. The van der Waals surface area contributed by atoms with Crippen molar-refractivity contribution < 1.29 is 0 Å². The Balaban J connectivity index is 2.10. The molecule has 2 aromatic heterocycles. The van der Waals surface area contributed by atoms with Crippen molar-refractivity contribution in [2.45, 2.75) is 20.8 Å². The second kappa shape index (κ2) is 4.76. The molecule has 0 aliphatic rings. The molecule has 0 bridgehead atoms. The summed E-state index contributed by atoms with van der Waals surface area (Å²) < 4.78 is 0. The molecule has 0 fully saturated rings. The molecule has 3 aromatic rings. The van der Waals surface area contributed by atoms with Crippen molar-refractivity contribution in [2.24, 2.45) is 0 Å². The van der Waals surface area contributed by atoms with Crippen LogP contribution in [0.1, 0.15) is 17.2 Å². The van der Waals surface area contributed by atoms with E-state index in [2.05, 4.69) is 25.3 Å². The Morgan fingerprint density at radius 1 is 1.10 bits per heavy atom. The maximum Gasteiger partial charge on any atom is 0.183 e. The lowest BCUT2D eigenvalue weighted by molar-refractivity contribution is 1.08. The van der Waals surface area contributed by atoms with Crippen LogP contribution in [0, 0.1) is 20.8 Å². The average molecular weight is 288 g/mol. The highest BCUT2D eigenvalue weighted by molar-refractivity contribution is 6.30. The number of nitrogens with one attached hydrogen (secondary N) is 2. The lowest BCUT2D eigenvalue weighted by Gasteiger charge is -2.10. The number of benzene rings is 1. The van der Waals surface area contributed by atoms with Gasteiger partial charge in [0.15, 0.2) is 11.5 Å². The maximum atomic E-state index is 5.97. The zero-order valence-electron chi connectivity index (χ0n) is 11.5. The van der Waals surface area contributed by atoms with E-state index in [9.17, 15) is 0 Å². The maximum absolute atomic E-state index is 5.97. The molecule has 102 valence electrons. The number of rotatable bonds is 2. The summed E-state index contributed by atoms with van der Waals surface area (Å²) in [5.74, 6) is 2.22. The molecule has 5 nitrogen and oxygen atoms in total. The van der Waals surface area contributed by atoms with Crippen LogP contribution in [0.2, 0.25) is 5.02 Å². The topological polar surface area (TPSA) is 66.5 Å². The number of aryl methyl sites for hydroxylation is 3. The summed E-state index contributed by atoms with van der Waals surface area (Å²) in [6.45, 7) is 5.75. The van der Waals surface area contributed by atoms with E-state index in [-0.39, 0.29) is 0 Å². The molecule has 0 amide bonds. The summed E-state index contributed by atoms with van der Waals surface area (Å²) in [6, 6.07) is 5.69. The van der Waals surface area contributed by atoms with Crippen molar-refractivity contribution in [1.29, 1.82) is 0 Å². The summed E-state index contributed by atoms with van der Waals surface area (Å²) >= 11 is 5.97. The number of imidazole rings is 1. The van der Waals surface area contributed by atoms with Gasteiger partial charge in [0.2, 0.25) is 0 Å². The van der Waals surface area contributed by atoms with Gasteiger partial charge in [0, 0.05) is 10.7 Å². The lowest BCUT2D eigenvalue weighted by Crippen LogP contribution is -2.00. The van der Waals surface area contributed by atoms with Gasteiger partial charge in [0.1, 0.15) is 17.2 Å². The Kier molecular flexibility index (Phi) is 3.06. The number of aromatic amines is 1. The summed E-state index contributed by atoms with van der Waals surface area (Å²) in [5.41, 5.74) is 3.49. The number of anilines is 2. The van der Waals surface area contributed by atoms with Crippen LogP contribution in [0.25, 0.3) is 11.2 Å². The Hall–Kier alpha value is -2.14. The van der Waals surface area contributed by atoms with Crippen molar-refractivity contribution in [1.82, 2.24) is 19.9 Å². The van der Waals surface area contributed by atoms with Crippen LogP contribution in [0.5, 0.6) is 0 Å². The molecule has 0 unspecified atom stereocenters. The van der Waals surface area contributed by atoms with Crippen molar-refractivity contribution in [3.63, 3.8) is 0 Å². The fourth-order valence-corrected chi connectivity index (χ4v) is 2.33. The predicted octanol–water partition coefficient (Wildman–Crippen LogP) is 3.68. The Labute approximate surface area is 121 Å². The zero-order chi connectivity index (χ0) is 14.3. The fourth-order valence-electron chi connectivity index (χ4n) is 2.11. The van der Waals surface area contributed by atoms with Crippen LogP contribution in [0.4, 0.5) is 11.5 Å². The molecule has 0 aliphatic carbocycles. The van der Waals surface area contributed by atoms with Gasteiger partial charge in [-0.25, -0.2) is 15.0 Å². The molecule has 0 spiro atoms. The number of H-pyrrole nitrogens is 1. The third-order valence-corrected chi connectivity index (χ3v) is 3.26. The van der Waals surface area contributed by atoms with E-state index in [1.165, 1.54) is 0 Å². The van der Waals surface area contributed by atoms with E-state index >= 15 is 0 Å². The van der Waals surface area contributed by atoms with Gasteiger partial charge in [0.25, 0.3) is 0 Å². The molecular formula is C14H14ClN5. The number of halogens is 1. The Morgan fingerprint density at radius 3 is 2.65 bits per heavy atom. The predicted molar refractivity (Wildman–Crippen MR) is 80.6 cm³/mol. The number of aromatic nitrogens is 4. The molecule has 0 aliphatic heterocycles. The third-order valence-electron chi connectivity index (χ3n) is 3.02. The molecule has 3 rings (SSSR count). The van der Waals surface area contributed by atoms with E-state index in [1.54, 1.807) is 0 Å². The van der Waals surface area contributed by atoms with Crippen LogP contribution in [0.15, 0.2) is 18.2 Å². The van der Waals surface area contributed by atoms with Gasteiger partial charge in [-0.2, -0.15) is 0 Å². The second-order valence-electron chi connectivity index (χ2n) is 4.72. The second-order valence-corrected chi connectivity index (χ2v) is 5.16. The van der Waals surface area contributed by atoms with Gasteiger partial charge < -0.3 is 10.3 Å². The van der Waals surface area contributed by atoms with Gasteiger partial charge in [-0.1, -0.05) is 11.6 Å². The standard InChI is InChI=1S/C14H14ClN5/c1-7-6-10(15)4-5-11(7)20-14-12-13(17-8(2)16-12)18-9(3)19-14/h4-6H,1-3H3,(H2,16,17,18,19,20). The molecule has 2 heterocycles. The van der Waals surface area contributed by atoms with E-state index in [0.717, 1.165) is 33.4 Å². The first kappa shape index (κ1) is 12.9. The summed E-state index contributed by atoms with van der Waals surface area (Å²) in [5, 5.41) is 4.03. The number of nitrogens with zero attached hydrogens (tertiary/aromatic N) is 3. The van der Waals surface area contributed by atoms with Gasteiger partial charge in [-0.15, -0.1) is 0 Å². The monoisotopic (exact) mass is 287 g/mol. The van der Waals surface area contributed by atoms with Crippen molar-refractivity contribution in [2.75, 3.05) is 5.32 Å². The Morgan fingerprint density at radius 2 is 1.90 bits per heavy atom. The number of fused-ring (bicyclic) bond motifs is 1. The summed E-state index contributed by atoms with van der Waals surface area (Å²) in [4.78, 5) is 16.3. The first-order valence-corrected chi connectivity index (χ1v) is 6.65. The normalized spacial score (nSPS) is 11.0. The van der Waals surface area contributed by atoms with Crippen LogP contribution in [-0.2, 0) is 0 Å². The van der Waals surface area contributed by atoms with E-state index in [0.29, 0.717) is 11.5 Å². The molecule has 0 radical (unpaired) electrons. The molecule has 1 aromatic carbocycles. The molecule has 0 saturated heterocycles. The van der Waals surface area contributed by atoms with Gasteiger partial charge >= 0.3 is 0 Å². The third kappa shape index (κ3) is 2.32. The highest BCUT2D eigenvalue weighted by Gasteiger charge is 2.11. The van der Waals surface area contributed by atoms with Crippen molar-refractivity contribution in [3.05, 3.63) is 40.4 Å². The minimum Gasteiger partial charge on any atom is -0.338 e. The van der Waals surface area contributed by atoms with E-state index < -0.39 is 0 Å². The highest BCUT2D eigenvalue weighted by Crippen LogP contribution is 2.26. The molecule has 0 saturated carbocycles. The van der Waals surface area contributed by atoms with Gasteiger partial charge in [-0.05, 0) is 44.5 Å². The van der Waals surface area contributed by atoms with Crippen LogP contribution in [-0.4, -0.2) is 19.9 Å². The first-order chi connectivity index (χ1) is 9.52. The molecule has 2 N–H and O–H groups in total. The summed E-state index contributed by atoms with van der Waals surface area (Å²) in [7, 11) is 0. The van der Waals surface area contributed by atoms with Crippen molar-refractivity contribution in [3.8, 4) is 0 Å². The van der Waals surface area contributed by atoms with Crippen LogP contribution in [0.3, 0.4) is 0 Å². The first-order valence-electron chi connectivity index (χ1n) is 6.27. The number of hydrogen-bond acceptors (Lipinski definition) is 4. The highest BCUT2D eigenvalue weighted by atomic mass is 35.5. The smallest absolute Gasteiger partial charge is 0.183 e. The minimum atomic E-state index is 0.670. The van der Waals surface area contributed by atoms with E-state index in [4.69, 9.17) is 11.6 Å². The molecular weight excluding hydrogens is 274 g/mol. The molecule has 6 heteroatoms. The summed E-state index contributed by atoms with van der Waals surface area (Å²) in [6.07, 6.45) is 0. The lowest BCUT2D eigenvalue weighted by atomic mass is 10.2.